The molecule has 33 heavy (non-hydrogen) atoms. The standard InChI is InChI=1S/C24H24BrClN2O4S/c1-17(22-5-3-4-6-23(22)32-2)27-24(29)16-28(15-18-7-11-20(26)12-8-18)33(30,31)21-13-9-19(25)10-14-21/h3-14,17H,15-16H2,1-2H3,(H,27,29)/t17-/m0/s1. The number of benzene rings is 3. The first-order valence-electron chi connectivity index (χ1n) is 10.1. The molecule has 0 saturated carbocycles. The highest BCUT2D eigenvalue weighted by Gasteiger charge is 2.27. The fourth-order valence-electron chi connectivity index (χ4n) is 3.32. The van der Waals surface area contributed by atoms with Gasteiger partial charge in [0, 0.05) is 21.6 Å². The van der Waals surface area contributed by atoms with Gasteiger partial charge in [-0.25, -0.2) is 8.42 Å². The first kappa shape index (κ1) is 25.2. The van der Waals surface area contributed by atoms with Gasteiger partial charge in [0.25, 0.3) is 0 Å². The summed E-state index contributed by atoms with van der Waals surface area (Å²) >= 11 is 9.28. The Kier molecular flexibility index (Phi) is 8.53. The second kappa shape index (κ2) is 11.2. The zero-order valence-electron chi connectivity index (χ0n) is 18.2. The SMILES string of the molecule is COc1ccccc1[C@H](C)NC(=O)CN(Cc1ccc(Cl)cc1)S(=O)(=O)c1ccc(Br)cc1. The van der Waals surface area contributed by atoms with Crippen molar-refractivity contribution in [1.29, 1.82) is 0 Å². The van der Waals surface area contributed by atoms with Crippen LogP contribution in [0.3, 0.4) is 0 Å². The first-order valence-corrected chi connectivity index (χ1v) is 12.7. The normalized spacial score (nSPS) is 12.4. The van der Waals surface area contributed by atoms with Crippen molar-refractivity contribution in [3.05, 3.63) is 93.4 Å². The van der Waals surface area contributed by atoms with Crippen LogP contribution in [-0.4, -0.2) is 32.3 Å². The lowest BCUT2D eigenvalue weighted by Gasteiger charge is -2.24. The quantitative estimate of drug-likeness (QED) is 0.398. The van der Waals surface area contributed by atoms with Crippen molar-refractivity contribution in [3.63, 3.8) is 0 Å². The number of halogens is 2. The number of methoxy groups -OCH3 is 1. The molecule has 0 heterocycles. The van der Waals surface area contributed by atoms with Crippen molar-refractivity contribution >= 4 is 43.5 Å². The third kappa shape index (κ3) is 6.57. The highest BCUT2D eigenvalue weighted by atomic mass is 79.9. The predicted octanol–water partition coefficient (Wildman–Crippen LogP) is 5.18. The summed E-state index contributed by atoms with van der Waals surface area (Å²) in [5, 5.41) is 3.42. The van der Waals surface area contributed by atoms with Gasteiger partial charge >= 0.3 is 0 Å². The van der Waals surface area contributed by atoms with Crippen molar-refractivity contribution in [2.75, 3.05) is 13.7 Å². The third-order valence-corrected chi connectivity index (χ3v) is 7.61. The Morgan fingerprint density at radius 3 is 2.33 bits per heavy atom. The predicted molar refractivity (Wildman–Crippen MR) is 133 cm³/mol. The number of amides is 1. The van der Waals surface area contributed by atoms with Gasteiger partial charge in [-0.3, -0.25) is 4.79 Å². The van der Waals surface area contributed by atoms with Crippen LogP contribution in [-0.2, 0) is 21.4 Å². The van der Waals surface area contributed by atoms with E-state index in [4.69, 9.17) is 16.3 Å². The lowest BCUT2D eigenvalue weighted by atomic mass is 10.1. The fraction of sp³-hybridized carbons (Fsp3) is 0.208. The van der Waals surface area contributed by atoms with Crippen LogP contribution in [0, 0.1) is 0 Å². The number of nitrogens with zero attached hydrogens (tertiary/aromatic N) is 1. The van der Waals surface area contributed by atoms with E-state index in [0.717, 1.165) is 14.3 Å². The average Bonchev–Trinajstić information content (AvgIpc) is 2.80. The Hall–Kier alpha value is -2.39. The molecular weight excluding hydrogens is 528 g/mol. The first-order chi connectivity index (χ1) is 15.7. The lowest BCUT2D eigenvalue weighted by Crippen LogP contribution is -2.41. The summed E-state index contributed by atoms with van der Waals surface area (Å²) in [5.74, 6) is 0.217. The summed E-state index contributed by atoms with van der Waals surface area (Å²) in [4.78, 5) is 13.0. The zero-order chi connectivity index (χ0) is 24.0. The van der Waals surface area contributed by atoms with E-state index in [0.29, 0.717) is 16.3 Å². The number of nitrogens with one attached hydrogen (secondary N) is 1. The molecule has 0 bridgehead atoms. The lowest BCUT2D eigenvalue weighted by molar-refractivity contribution is -0.122. The molecule has 9 heteroatoms. The molecule has 174 valence electrons. The van der Waals surface area contributed by atoms with Crippen LogP contribution in [0.2, 0.25) is 5.02 Å². The molecule has 1 amide bonds. The maximum Gasteiger partial charge on any atom is 0.243 e. The molecule has 6 nitrogen and oxygen atoms in total. The number of carbonyl (C=O) groups is 1. The summed E-state index contributed by atoms with van der Waals surface area (Å²) in [6.07, 6.45) is 0. The van der Waals surface area contributed by atoms with Gasteiger partial charge in [0.2, 0.25) is 15.9 Å². The molecule has 1 N–H and O–H groups in total. The van der Waals surface area contributed by atoms with Crippen molar-refractivity contribution in [1.82, 2.24) is 9.62 Å². The van der Waals surface area contributed by atoms with E-state index < -0.39 is 15.9 Å². The zero-order valence-corrected chi connectivity index (χ0v) is 21.3. The maximum atomic E-state index is 13.4. The molecule has 0 aliphatic carbocycles. The molecule has 3 aromatic rings. The van der Waals surface area contributed by atoms with Crippen LogP contribution in [0.15, 0.2) is 82.2 Å². The summed E-state index contributed by atoms with van der Waals surface area (Å²) in [6.45, 7) is 1.50. The Balaban J connectivity index is 1.84. The molecule has 3 aromatic carbocycles. The van der Waals surface area contributed by atoms with Crippen LogP contribution in [0.5, 0.6) is 5.75 Å². The van der Waals surface area contributed by atoms with Gasteiger partial charge in [-0.1, -0.05) is 57.9 Å². The molecule has 0 aliphatic heterocycles. The number of hydrogen-bond acceptors (Lipinski definition) is 4. The Morgan fingerprint density at radius 1 is 1.06 bits per heavy atom. The highest BCUT2D eigenvalue weighted by molar-refractivity contribution is 9.10. The number of sulfonamides is 1. The van der Waals surface area contributed by atoms with E-state index in [2.05, 4.69) is 21.2 Å². The van der Waals surface area contributed by atoms with E-state index in [1.54, 1.807) is 43.5 Å². The Labute approximate surface area is 207 Å². The van der Waals surface area contributed by atoms with Crippen LogP contribution < -0.4 is 10.1 Å². The van der Waals surface area contributed by atoms with Gasteiger partial charge in [0.1, 0.15) is 5.75 Å². The molecule has 0 saturated heterocycles. The van der Waals surface area contributed by atoms with Crippen LogP contribution in [0.1, 0.15) is 24.1 Å². The van der Waals surface area contributed by atoms with E-state index in [9.17, 15) is 13.2 Å². The molecule has 0 radical (unpaired) electrons. The van der Waals surface area contributed by atoms with Crippen LogP contribution >= 0.6 is 27.5 Å². The monoisotopic (exact) mass is 550 g/mol. The molecular formula is C24H24BrClN2O4S. The van der Waals surface area contributed by atoms with E-state index in [1.807, 2.05) is 31.2 Å². The maximum absolute atomic E-state index is 13.4. The van der Waals surface area contributed by atoms with E-state index in [-0.39, 0.29) is 24.0 Å². The largest absolute Gasteiger partial charge is 0.496 e. The highest BCUT2D eigenvalue weighted by Crippen LogP contribution is 2.25. The number of carbonyl (C=O) groups excluding carboxylic acids is 1. The smallest absolute Gasteiger partial charge is 0.243 e. The van der Waals surface area contributed by atoms with Gasteiger partial charge in [-0.2, -0.15) is 4.31 Å². The minimum atomic E-state index is -3.94. The fourth-order valence-corrected chi connectivity index (χ4v) is 5.10. The van der Waals surface area contributed by atoms with Gasteiger partial charge in [0.15, 0.2) is 0 Å². The van der Waals surface area contributed by atoms with Gasteiger partial charge < -0.3 is 10.1 Å². The molecule has 3 rings (SSSR count). The van der Waals surface area contributed by atoms with Gasteiger partial charge in [-0.15, -0.1) is 0 Å². The summed E-state index contributed by atoms with van der Waals surface area (Å²) in [6, 6.07) is 20.1. The number of rotatable bonds is 9. The van der Waals surface area contributed by atoms with E-state index >= 15 is 0 Å². The van der Waals surface area contributed by atoms with Gasteiger partial charge in [-0.05, 0) is 55.0 Å². The summed E-state index contributed by atoms with van der Waals surface area (Å²) < 4.78 is 34.1. The number of ether oxygens (including phenoxy) is 1. The summed E-state index contributed by atoms with van der Waals surface area (Å²) in [5.41, 5.74) is 1.51. The summed E-state index contributed by atoms with van der Waals surface area (Å²) in [7, 11) is -2.38. The molecule has 0 fully saturated rings. The van der Waals surface area contributed by atoms with Crippen LogP contribution in [0.25, 0.3) is 0 Å². The minimum Gasteiger partial charge on any atom is -0.496 e. The second-order valence-electron chi connectivity index (χ2n) is 7.38. The topological polar surface area (TPSA) is 75.7 Å². The molecule has 0 aromatic heterocycles. The Morgan fingerprint density at radius 2 is 1.70 bits per heavy atom. The third-order valence-electron chi connectivity index (χ3n) is 5.03. The van der Waals surface area contributed by atoms with E-state index in [1.165, 1.54) is 12.1 Å². The van der Waals surface area contributed by atoms with Gasteiger partial charge in [0.05, 0.1) is 24.6 Å². The van der Waals surface area contributed by atoms with Crippen molar-refractivity contribution < 1.29 is 17.9 Å². The molecule has 0 spiro atoms. The minimum absolute atomic E-state index is 0.0199. The van der Waals surface area contributed by atoms with Crippen molar-refractivity contribution in [2.24, 2.45) is 0 Å². The number of hydrogen-bond donors (Lipinski definition) is 1. The van der Waals surface area contributed by atoms with Crippen molar-refractivity contribution in [3.8, 4) is 5.75 Å². The average molecular weight is 552 g/mol. The second-order valence-corrected chi connectivity index (χ2v) is 10.7. The molecule has 1 atom stereocenters. The molecule has 0 aliphatic rings. The van der Waals surface area contributed by atoms with Crippen molar-refractivity contribution in [2.45, 2.75) is 24.4 Å². The molecule has 0 unspecified atom stereocenters. The Bertz CT molecular complexity index is 1200. The van der Waals surface area contributed by atoms with Crippen LogP contribution in [0.4, 0.5) is 0 Å². The number of para-hydroxylation sites is 1.